The predicted octanol–water partition coefficient (Wildman–Crippen LogP) is 1.62. The summed E-state index contributed by atoms with van der Waals surface area (Å²) in [6, 6.07) is 5.38. The fraction of sp³-hybridized carbons (Fsp3) is 0.467. The number of halogens is 1. The molecule has 1 heterocycles. The highest BCUT2D eigenvalue weighted by molar-refractivity contribution is 8.02. The van der Waals surface area contributed by atoms with Crippen molar-refractivity contribution in [2.45, 2.75) is 24.7 Å². The molecule has 1 amide bonds. The lowest BCUT2D eigenvalue weighted by Crippen LogP contribution is -2.30. The third kappa shape index (κ3) is 5.79. The van der Waals surface area contributed by atoms with Gasteiger partial charge in [-0.15, -0.1) is 11.8 Å². The van der Waals surface area contributed by atoms with Gasteiger partial charge in [0.15, 0.2) is 15.9 Å². The van der Waals surface area contributed by atoms with Gasteiger partial charge in [-0.25, -0.2) is 12.8 Å². The first-order valence-electron chi connectivity index (χ1n) is 7.33. The molecule has 1 aromatic carbocycles. The van der Waals surface area contributed by atoms with Gasteiger partial charge in [0.1, 0.15) is 5.82 Å². The summed E-state index contributed by atoms with van der Waals surface area (Å²) >= 11 is 1.22. The molecule has 0 bridgehead atoms. The second-order valence-corrected chi connectivity index (χ2v) is 8.99. The van der Waals surface area contributed by atoms with Gasteiger partial charge >= 0.3 is 5.97 Å². The number of thioether (sulfide) groups is 1. The molecule has 0 unspecified atom stereocenters. The molecule has 1 aliphatic heterocycles. The Bertz CT molecular complexity index is 722. The maximum atomic E-state index is 13.0. The monoisotopic (exact) mass is 375 g/mol. The third-order valence-corrected chi connectivity index (χ3v) is 6.65. The standard InChI is InChI=1S/C15H18FNO5S2/c1-10(15(19)17-12-4-2-3-11(16)7-12)22-14(18)8-23-13-5-6-24(20,21)9-13/h2-4,7,10,13H,5-6,8-9H2,1H3,(H,17,19)/t10-,13+/m0/s1. The van der Waals surface area contributed by atoms with E-state index < -0.39 is 33.6 Å². The van der Waals surface area contributed by atoms with Crippen molar-refractivity contribution >= 4 is 39.2 Å². The van der Waals surface area contributed by atoms with E-state index in [1.807, 2.05) is 0 Å². The average molecular weight is 375 g/mol. The minimum atomic E-state index is -2.99. The highest BCUT2D eigenvalue weighted by Gasteiger charge is 2.29. The van der Waals surface area contributed by atoms with Crippen LogP contribution in [0.4, 0.5) is 10.1 Å². The Labute approximate surface area is 144 Å². The summed E-state index contributed by atoms with van der Waals surface area (Å²) in [6.45, 7) is 1.41. The van der Waals surface area contributed by atoms with E-state index in [1.165, 1.54) is 36.9 Å². The maximum absolute atomic E-state index is 13.0. The molecular formula is C15H18FNO5S2. The summed E-state index contributed by atoms with van der Waals surface area (Å²) in [7, 11) is -2.99. The molecule has 6 nitrogen and oxygen atoms in total. The van der Waals surface area contributed by atoms with Gasteiger partial charge in [0.2, 0.25) is 0 Å². The minimum Gasteiger partial charge on any atom is -0.452 e. The second kappa shape index (κ2) is 7.98. The molecule has 0 aromatic heterocycles. The quantitative estimate of drug-likeness (QED) is 0.760. The van der Waals surface area contributed by atoms with Gasteiger partial charge < -0.3 is 10.1 Å². The normalized spacial score (nSPS) is 20.3. The van der Waals surface area contributed by atoms with Crippen molar-refractivity contribution in [3.63, 3.8) is 0 Å². The van der Waals surface area contributed by atoms with E-state index in [4.69, 9.17) is 4.74 Å². The summed E-state index contributed by atoms with van der Waals surface area (Å²) in [5.74, 6) is -1.45. The van der Waals surface area contributed by atoms with Crippen LogP contribution >= 0.6 is 11.8 Å². The van der Waals surface area contributed by atoms with Gasteiger partial charge in [-0.1, -0.05) is 6.07 Å². The van der Waals surface area contributed by atoms with Gasteiger partial charge in [-0.3, -0.25) is 9.59 Å². The Hall–Kier alpha value is -1.61. The van der Waals surface area contributed by atoms with E-state index in [2.05, 4.69) is 5.32 Å². The second-order valence-electron chi connectivity index (χ2n) is 5.47. The Morgan fingerprint density at radius 2 is 2.21 bits per heavy atom. The van der Waals surface area contributed by atoms with Crippen LogP contribution in [0.5, 0.6) is 0 Å². The molecule has 24 heavy (non-hydrogen) atoms. The number of benzene rings is 1. The van der Waals surface area contributed by atoms with Crippen LogP contribution in [0.3, 0.4) is 0 Å². The van der Waals surface area contributed by atoms with Crippen molar-refractivity contribution in [3.05, 3.63) is 30.1 Å². The predicted molar refractivity (Wildman–Crippen MR) is 90.1 cm³/mol. The summed E-state index contributed by atoms with van der Waals surface area (Å²) in [5, 5.41) is 2.34. The zero-order valence-electron chi connectivity index (χ0n) is 13.0. The first-order chi connectivity index (χ1) is 11.2. The van der Waals surface area contributed by atoms with E-state index in [-0.39, 0.29) is 28.2 Å². The molecule has 1 aromatic rings. The van der Waals surface area contributed by atoms with Crippen molar-refractivity contribution in [3.8, 4) is 0 Å². The van der Waals surface area contributed by atoms with Gasteiger partial charge in [0.05, 0.1) is 17.3 Å². The molecule has 1 N–H and O–H groups in total. The van der Waals surface area contributed by atoms with E-state index in [9.17, 15) is 22.4 Å². The zero-order chi connectivity index (χ0) is 17.7. The van der Waals surface area contributed by atoms with Gasteiger partial charge in [-0.05, 0) is 31.5 Å². The van der Waals surface area contributed by atoms with Crippen LogP contribution in [-0.4, -0.2) is 48.9 Å². The topological polar surface area (TPSA) is 89.5 Å². The molecule has 1 fully saturated rings. The zero-order valence-corrected chi connectivity index (χ0v) is 14.7. The lowest BCUT2D eigenvalue weighted by molar-refractivity contribution is -0.150. The first kappa shape index (κ1) is 18.7. The highest BCUT2D eigenvalue weighted by atomic mass is 32.2. The first-order valence-corrected chi connectivity index (χ1v) is 10.2. The number of rotatable bonds is 6. The Morgan fingerprint density at radius 1 is 1.46 bits per heavy atom. The minimum absolute atomic E-state index is 0.0161. The van der Waals surface area contributed by atoms with Crippen molar-refractivity contribution in [2.24, 2.45) is 0 Å². The van der Waals surface area contributed by atoms with Crippen LogP contribution in [-0.2, 0) is 24.2 Å². The van der Waals surface area contributed by atoms with Crippen LogP contribution in [0.2, 0.25) is 0 Å². The summed E-state index contributed by atoms with van der Waals surface area (Å²) in [4.78, 5) is 23.7. The fourth-order valence-electron chi connectivity index (χ4n) is 2.17. The third-order valence-electron chi connectivity index (χ3n) is 3.40. The van der Waals surface area contributed by atoms with Crippen LogP contribution in [0.1, 0.15) is 13.3 Å². The average Bonchev–Trinajstić information content (AvgIpc) is 2.84. The van der Waals surface area contributed by atoms with E-state index in [0.717, 1.165) is 6.07 Å². The number of anilines is 1. The SMILES string of the molecule is C[C@H](OC(=O)CS[C@@H]1CCS(=O)(=O)C1)C(=O)Nc1cccc(F)c1. The molecule has 1 saturated heterocycles. The molecule has 2 rings (SSSR count). The number of amides is 1. The number of nitrogens with one attached hydrogen (secondary N) is 1. The summed E-state index contributed by atoms with van der Waals surface area (Å²) in [5.41, 5.74) is 0.272. The van der Waals surface area contributed by atoms with E-state index in [0.29, 0.717) is 6.42 Å². The number of hydrogen-bond acceptors (Lipinski definition) is 6. The van der Waals surface area contributed by atoms with E-state index in [1.54, 1.807) is 0 Å². The number of carbonyl (C=O) groups is 2. The molecule has 9 heteroatoms. The highest BCUT2D eigenvalue weighted by Crippen LogP contribution is 2.24. The van der Waals surface area contributed by atoms with Gasteiger partial charge in [0.25, 0.3) is 5.91 Å². The van der Waals surface area contributed by atoms with Crippen LogP contribution in [0, 0.1) is 5.82 Å². The Balaban J connectivity index is 1.75. The van der Waals surface area contributed by atoms with Gasteiger partial charge in [0, 0.05) is 10.9 Å². The Morgan fingerprint density at radius 3 is 2.83 bits per heavy atom. The summed E-state index contributed by atoms with van der Waals surface area (Å²) < 4.78 is 40.7. The van der Waals surface area contributed by atoms with Crippen molar-refractivity contribution in [2.75, 3.05) is 22.6 Å². The molecule has 0 spiro atoms. The molecular weight excluding hydrogens is 357 g/mol. The van der Waals surface area contributed by atoms with E-state index >= 15 is 0 Å². The maximum Gasteiger partial charge on any atom is 0.316 e. The number of carbonyl (C=O) groups excluding carboxylic acids is 2. The number of ether oxygens (including phenoxy) is 1. The number of sulfone groups is 1. The van der Waals surface area contributed by atoms with Crippen molar-refractivity contribution in [1.29, 1.82) is 0 Å². The van der Waals surface area contributed by atoms with Crippen molar-refractivity contribution in [1.82, 2.24) is 0 Å². The number of esters is 1. The molecule has 0 aliphatic carbocycles. The Kier molecular flexibility index (Phi) is 6.22. The fourth-order valence-corrected chi connectivity index (χ4v) is 5.60. The number of hydrogen-bond donors (Lipinski definition) is 1. The molecule has 2 atom stereocenters. The van der Waals surface area contributed by atoms with Crippen LogP contribution < -0.4 is 5.32 Å². The summed E-state index contributed by atoms with van der Waals surface area (Å²) in [6.07, 6.45) is -0.510. The lowest BCUT2D eigenvalue weighted by Gasteiger charge is -2.14. The largest absolute Gasteiger partial charge is 0.452 e. The smallest absolute Gasteiger partial charge is 0.316 e. The van der Waals surface area contributed by atoms with Crippen LogP contribution in [0.25, 0.3) is 0 Å². The van der Waals surface area contributed by atoms with Crippen LogP contribution in [0.15, 0.2) is 24.3 Å². The molecule has 132 valence electrons. The molecule has 1 aliphatic rings. The molecule has 0 saturated carbocycles. The lowest BCUT2D eigenvalue weighted by atomic mass is 10.3. The van der Waals surface area contributed by atoms with Gasteiger partial charge in [-0.2, -0.15) is 0 Å². The van der Waals surface area contributed by atoms with Crippen molar-refractivity contribution < 1.29 is 27.1 Å². The molecule has 0 radical (unpaired) electrons.